The summed E-state index contributed by atoms with van der Waals surface area (Å²) in [6.07, 6.45) is 0. The summed E-state index contributed by atoms with van der Waals surface area (Å²) in [5.74, 6) is 0.826. The van der Waals surface area contributed by atoms with Gasteiger partial charge >= 0.3 is 0 Å². The van der Waals surface area contributed by atoms with Crippen molar-refractivity contribution in [3.05, 3.63) is 46.0 Å². The minimum atomic E-state index is -0.347. The van der Waals surface area contributed by atoms with E-state index >= 15 is 0 Å². The molecule has 0 amide bonds. The highest BCUT2D eigenvalue weighted by Gasteiger charge is 2.03. The zero-order valence-corrected chi connectivity index (χ0v) is 10.1. The van der Waals surface area contributed by atoms with E-state index in [-0.39, 0.29) is 12.4 Å². The fourth-order valence-electron chi connectivity index (χ4n) is 1.26. The maximum absolute atomic E-state index is 13.0. The lowest BCUT2D eigenvalue weighted by Gasteiger charge is -2.04. The fourth-order valence-corrected chi connectivity index (χ4v) is 1.70. The van der Waals surface area contributed by atoms with Crippen molar-refractivity contribution in [3.63, 3.8) is 0 Å². The Hall–Kier alpha value is -1.36. The van der Waals surface area contributed by atoms with Gasteiger partial charge in [0, 0.05) is 16.6 Å². The molecule has 16 heavy (non-hydrogen) atoms. The Morgan fingerprint density at radius 2 is 2.19 bits per heavy atom. The number of halogens is 2. The van der Waals surface area contributed by atoms with E-state index in [0.29, 0.717) is 15.9 Å². The second-order valence-corrected chi connectivity index (χ2v) is 4.24. The predicted molar refractivity (Wildman–Crippen MR) is 59.7 cm³/mol. The van der Waals surface area contributed by atoms with Crippen LogP contribution in [0.1, 0.15) is 11.5 Å². The minimum absolute atomic E-state index is 0.257. The number of ether oxygens (including phenoxy) is 1. The van der Waals surface area contributed by atoms with Crippen LogP contribution >= 0.6 is 15.9 Å². The molecule has 0 saturated carbocycles. The third-order valence-corrected chi connectivity index (χ3v) is 2.36. The van der Waals surface area contributed by atoms with Crippen LogP contribution in [0.25, 0.3) is 0 Å². The summed E-state index contributed by atoms with van der Waals surface area (Å²) in [4.78, 5) is 0. The van der Waals surface area contributed by atoms with Crippen LogP contribution in [-0.4, -0.2) is 5.16 Å². The SMILES string of the molecule is Cc1cc(COc2cc(F)cc(Br)c2)no1. The average Bonchev–Trinajstić information content (AvgIpc) is 2.60. The van der Waals surface area contributed by atoms with Gasteiger partial charge in [-0.1, -0.05) is 21.1 Å². The van der Waals surface area contributed by atoms with E-state index in [2.05, 4.69) is 21.1 Å². The number of hydrogen-bond donors (Lipinski definition) is 0. The lowest BCUT2D eigenvalue weighted by molar-refractivity contribution is 0.286. The molecule has 84 valence electrons. The second kappa shape index (κ2) is 4.65. The predicted octanol–water partition coefficient (Wildman–Crippen LogP) is 3.46. The van der Waals surface area contributed by atoms with E-state index in [1.54, 1.807) is 19.1 Å². The highest BCUT2D eigenvalue weighted by molar-refractivity contribution is 9.10. The lowest BCUT2D eigenvalue weighted by Crippen LogP contribution is -1.95. The Bertz CT molecular complexity index is 478. The van der Waals surface area contributed by atoms with Gasteiger partial charge in [-0.25, -0.2) is 4.39 Å². The van der Waals surface area contributed by atoms with Crippen LogP contribution in [0.5, 0.6) is 5.75 Å². The minimum Gasteiger partial charge on any atom is -0.487 e. The molecule has 0 saturated heterocycles. The molecule has 5 heteroatoms. The van der Waals surface area contributed by atoms with Crippen molar-refractivity contribution in [3.8, 4) is 5.75 Å². The van der Waals surface area contributed by atoms with Gasteiger partial charge in [0.15, 0.2) is 0 Å². The molecule has 1 heterocycles. The molecular weight excluding hydrogens is 277 g/mol. The third kappa shape index (κ3) is 2.82. The van der Waals surface area contributed by atoms with Gasteiger partial charge in [0.1, 0.15) is 29.6 Å². The fraction of sp³-hybridized carbons (Fsp3) is 0.182. The van der Waals surface area contributed by atoms with Crippen molar-refractivity contribution < 1.29 is 13.7 Å². The van der Waals surface area contributed by atoms with Crippen LogP contribution in [0, 0.1) is 12.7 Å². The summed E-state index contributed by atoms with van der Waals surface area (Å²) >= 11 is 3.19. The van der Waals surface area contributed by atoms with Crippen LogP contribution in [0.15, 0.2) is 33.3 Å². The first kappa shape index (κ1) is 11.1. The van der Waals surface area contributed by atoms with Crippen LogP contribution in [0.2, 0.25) is 0 Å². The molecule has 0 aliphatic carbocycles. The van der Waals surface area contributed by atoms with Gasteiger partial charge in [-0.15, -0.1) is 0 Å². The van der Waals surface area contributed by atoms with Crippen molar-refractivity contribution in [1.82, 2.24) is 5.16 Å². The maximum Gasteiger partial charge on any atom is 0.134 e. The largest absolute Gasteiger partial charge is 0.487 e. The van der Waals surface area contributed by atoms with Crippen molar-refractivity contribution in [2.24, 2.45) is 0 Å². The van der Waals surface area contributed by atoms with Gasteiger partial charge in [-0.05, 0) is 19.1 Å². The first-order valence-electron chi connectivity index (χ1n) is 4.64. The Kier molecular flexibility index (Phi) is 3.24. The van der Waals surface area contributed by atoms with E-state index in [4.69, 9.17) is 9.26 Å². The number of aryl methyl sites for hydroxylation is 1. The molecule has 0 fully saturated rings. The van der Waals surface area contributed by atoms with Gasteiger partial charge in [0.05, 0.1) is 0 Å². The molecule has 2 rings (SSSR count). The monoisotopic (exact) mass is 285 g/mol. The van der Waals surface area contributed by atoms with E-state index in [0.717, 1.165) is 5.76 Å². The first-order valence-corrected chi connectivity index (χ1v) is 5.44. The molecule has 0 spiro atoms. The van der Waals surface area contributed by atoms with E-state index in [9.17, 15) is 4.39 Å². The molecule has 0 unspecified atom stereocenters. The summed E-state index contributed by atoms with van der Waals surface area (Å²) in [6, 6.07) is 6.15. The Balaban J connectivity index is 2.04. The molecule has 0 aliphatic heterocycles. The zero-order chi connectivity index (χ0) is 11.5. The molecule has 0 aliphatic rings. The normalized spacial score (nSPS) is 10.4. The molecule has 1 aromatic heterocycles. The molecule has 1 aromatic carbocycles. The van der Waals surface area contributed by atoms with Gasteiger partial charge < -0.3 is 9.26 Å². The lowest BCUT2D eigenvalue weighted by atomic mass is 10.3. The first-order chi connectivity index (χ1) is 7.63. The number of aromatic nitrogens is 1. The van der Waals surface area contributed by atoms with Gasteiger partial charge in [0.2, 0.25) is 0 Å². The summed E-state index contributed by atoms with van der Waals surface area (Å²) < 4.78 is 23.9. The van der Waals surface area contributed by atoms with Crippen molar-refractivity contribution >= 4 is 15.9 Å². The molecule has 2 aromatic rings. The Morgan fingerprint density at radius 3 is 2.81 bits per heavy atom. The number of rotatable bonds is 3. The van der Waals surface area contributed by atoms with Gasteiger partial charge in [-0.2, -0.15) is 0 Å². The standard InChI is InChI=1S/C11H9BrFNO2/c1-7-2-10(14-16-7)6-15-11-4-8(12)3-9(13)5-11/h2-5H,6H2,1H3. The number of nitrogens with zero attached hydrogens (tertiary/aromatic N) is 1. The van der Waals surface area contributed by atoms with Crippen molar-refractivity contribution in [1.29, 1.82) is 0 Å². The Morgan fingerprint density at radius 1 is 1.38 bits per heavy atom. The third-order valence-electron chi connectivity index (χ3n) is 1.90. The van der Waals surface area contributed by atoms with Gasteiger partial charge in [-0.3, -0.25) is 0 Å². The van der Waals surface area contributed by atoms with Crippen LogP contribution in [-0.2, 0) is 6.61 Å². The zero-order valence-electron chi connectivity index (χ0n) is 8.54. The summed E-state index contributed by atoms with van der Waals surface area (Å²) in [5, 5.41) is 3.77. The average molecular weight is 286 g/mol. The second-order valence-electron chi connectivity index (χ2n) is 3.32. The van der Waals surface area contributed by atoms with Crippen molar-refractivity contribution in [2.75, 3.05) is 0 Å². The van der Waals surface area contributed by atoms with Crippen LogP contribution in [0.4, 0.5) is 4.39 Å². The molecule has 0 N–H and O–H groups in total. The topological polar surface area (TPSA) is 35.3 Å². The van der Waals surface area contributed by atoms with E-state index < -0.39 is 0 Å². The highest BCUT2D eigenvalue weighted by atomic mass is 79.9. The highest BCUT2D eigenvalue weighted by Crippen LogP contribution is 2.21. The Labute approximate surface area is 100 Å². The number of benzene rings is 1. The number of hydrogen-bond acceptors (Lipinski definition) is 3. The smallest absolute Gasteiger partial charge is 0.134 e. The molecule has 0 bridgehead atoms. The summed E-state index contributed by atoms with van der Waals surface area (Å²) in [7, 11) is 0. The molecular formula is C11H9BrFNO2. The molecule has 0 radical (unpaired) electrons. The van der Waals surface area contributed by atoms with Crippen LogP contribution < -0.4 is 4.74 Å². The molecule has 3 nitrogen and oxygen atoms in total. The van der Waals surface area contributed by atoms with Crippen LogP contribution in [0.3, 0.4) is 0 Å². The van der Waals surface area contributed by atoms with E-state index in [1.807, 2.05) is 0 Å². The maximum atomic E-state index is 13.0. The quantitative estimate of drug-likeness (QED) is 0.866. The summed E-state index contributed by atoms with van der Waals surface area (Å²) in [5.41, 5.74) is 0.679. The van der Waals surface area contributed by atoms with E-state index in [1.165, 1.54) is 12.1 Å². The molecule has 0 atom stereocenters. The summed E-state index contributed by atoms with van der Waals surface area (Å²) in [6.45, 7) is 2.06. The van der Waals surface area contributed by atoms with Crippen molar-refractivity contribution in [2.45, 2.75) is 13.5 Å². The van der Waals surface area contributed by atoms with Gasteiger partial charge in [0.25, 0.3) is 0 Å².